The van der Waals surface area contributed by atoms with E-state index in [2.05, 4.69) is 45.9 Å². The molecule has 1 unspecified atom stereocenters. The van der Waals surface area contributed by atoms with Crippen LogP contribution in [0.25, 0.3) is 0 Å². The minimum atomic E-state index is -0.318. The van der Waals surface area contributed by atoms with Crippen molar-refractivity contribution in [3.8, 4) is 6.07 Å². The van der Waals surface area contributed by atoms with E-state index in [0.717, 1.165) is 53.5 Å². The molecule has 0 bridgehead atoms. The molecule has 0 radical (unpaired) electrons. The first-order chi connectivity index (χ1) is 18.0. The minimum absolute atomic E-state index is 0.0116. The zero-order valence-corrected chi connectivity index (χ0v) is 22.9. The summed E-state index contributed by atoms with van der Waals surface area (Å²) in [4.78, 5) is 29.7. The van der Waals surface area contributed by atoms with E-state index in [1.165, 1.54) is 28.7 Å². The number of thioether (sulfide) groups is 1. The SMILES string of the molecule is CCCC(=O)Nc1cccc(SC(CC)C(=O)Nc2sc3c(c2C#N)CCN(Cc2ccccc2)C3)c1. The molecule has 0 aliphatic carbocycles. The lowest BCUT2D eigenvalue weighted by molar-refractivity contribution is -0.116. The Kier molecular flexibility index (Phi) is 9.40. The third-order valence-corrected chi connectivity index (χ3v) is 8.76. The smallest absolute Gasteiger partial charge is 0.238 e. The highest BCUT2D eigenvalue weighted by Gasteiger charge is 2.27. The number of amides is 2. The lowest BCUT2D eigenvalue weighted by atomic mass is 10.0. The number of nitrogens with one attached hydrogen (secondary N) is 2. The number of nitriles is 1. The fourth-order valence-corrected chi connectivity index (χ4v) is 6.67. The fourth-order valence-electron chi connectivity index (χ4n) is 4.42. The summed E-state index contributed by atoms with van der Waals surface area (Å²) < 4.78 is 0. The summed E-state index contributed by atoms with van der Waals surface area (Å²) in [6.07, 6.45) is 2.72. The molecule has 0 saturated carbocycles. The molecule has 192 valence electrons. The van der Waals surface area contributed by atoms with Crippen LogP contribution in [0.15, 0.2) is 59.5 Å². The van der Waals surface area contributed by atoms with Crippen molar-refractivity contribution in [3.63, 3.8) is 0 Å². The maximum Gasteiger partial charge on any atom is 0.238 e. The zero-order valence-electron chi connectivity index (χ0n) is 21.3. The van der Waals surface area contributed by atoms with Crippen LogP contribution in [0, 0.1) is 11.3 Å². The predicted octanol–water partition coefficient (Wildman–Crippen LogP) is 6.43. The third kappa shape index (κ3) is 7.01. The van der Waals surface area contributed by atoms with Crippen LogP contribution in [0.5, 0.6) is 0 Å². The van der Waals surface area contributed by atoms with Crippen molar-refractivity contribution in [2.24, 2.45) is 0 Å². The Bertz CT molecular complexity index is 1280. The number of nitrogens with zero attached hydrogens (tertiary/aromatic N) is 2. The van der Waals surface area contributed by atoms with Crippen molar-refractivity contribution >= 4 is 45.6 Å². The van der Waals surface area contributed by atoms with Crippen LogP contribution >= 0.6 is 23.1 Å². The molecule has 8 heteroatoms. The fraction of sp³-hybridized carbons (Fsp3) is 0.345. The number of anilines is 2. The second kappa shape index (κ2) is 12.9. The zero-order chi connectivity index (χ0) is 26.2. The summed E-state index contributed by atoms with van der Waals surface area (Å²) in [5, 5.41) is 16.2. The molecule has 2 amide bonds. The summed E-state index contributed by atoms with van der Waals surface area (Å²) in [5.41, 5.74) is 3.68. The Morgan fingerprint density at radius 1 is 1.14 bits per heavy atom. The molecule has 1 atom stereocenters. The average Bonchev–Trinajstić information content (AvgIpc) is 3.24. The number of carbonyl (C=O) groups excluding carboxylic acids is 2. The van der Waals surface area contributed by atoms with Gasteiger partial charge in [0.2, 0.25) is 11.8 Å². The van der Waals surface area contributed by atoms with Crippen molar-refractivity contribution in [1.29, 1.82) is 5.26 Å². The minimum Gasteiger partial charge on any atom is -0.326 e. The second-order valence-corrected chi connectivity index (χ2v) is 11.5. The van der Waals surface area contributed by atoms with Gasteiger partial charge < -0.3 is 10.6 Å². The molecule has 1 aliphatic heterocycles. The molecule has 4 rings (SSSR count). The monoisotopic (exact) mass is 532 g/mol. The Balaban J connectivity index is 1.43. The largest absolute Gasteiger partial charge is 0.326 e. The van der Waals surface area contributed by atoms with Gasteiger partial charge in [0.1, 0.15) is 11.1 Å². The highest BCUT2D eigenvalue weighted by Crippen LogP contribution is 2.38. The molecular weight excluding hydrogens is 500 g/mol. The Labute approximate surface area is 227 Å². The van der Waals surface area contributed by atoms with Gasteiger partial charge in [0.25, 0.3) is 0 Å². The lowest BCUT2D eigenvalue weighted by Crippen LogP contribution is -2.29. The van der Waals surface area contributed by atoms with Gasteiger partial charge in [-0.15, -0.1) is 23.1 Å². The molecule has 2 N–H and O–H groups in total. The number of benzene rings is 2. The van der Waals surface area contributed by atoms with Crippen LogP contribution < -0.4 is 10.6 Å². The van der Waals surface area contributed by atoms with Gasteiger partial charge in [0, 0.05) is 41.5 Å². The summed E-state index contributed by atoms with van der Waals surface area (Å²) in [5.74, 6) is -0.119. The van der Waals surface area contributed by atoms with Crippen molar-refractivity contribution in [2.45, 2.75) is 62.8 Å². The summed E-state index contributed by atoms with van der Waals surface area (Å²) in [6, 6.07) is 20.3. The lowest BCUT2D eigenvalue weighted by Gasteiger charge is -2.26. The standard InChI is InChI=1S/C29H32N4O2S2/c1-3-9-27(34)31-21-12-8-13-22(16-21)36-25(4-2)28(35)32-29-24(17-30)23-14-15-33(19-26(23)37-29)18-20-10-6-5-7-11-20/h5-8,10-13,16,25H,3-4,9,14-15,18-19H2,1-2H3,(H,31,34)(H,32,35). The molecule has 0 spiro atoms. The van der Waals surface area contributed by atoms with Gasteiger partial charge >= 0.3 is 0 Å². The first-order valence-corrected chi connectivity index (χ1v) is 14.4. The number of thiophene rings is 1. The van der Waals surface area contributed by atoms with E-state index in [-0.39, 0.29) is 17.1 Å². The molecule has 2 heterocycles. The van der Waals surface area contributed by atoms with Crippen LogP contribution in [-0.4, -0.2) is 28.5 Å². The van der Waals surface area contributed by atoms with Crippen LogP contribution in [0.1, 0.15) is 54.7 Å². The predicted molar refractivity (Wildman–Crippen MR) is 152 cm³/mol. The van der Waals surface area contributed by atoms with Crippen LogP contribution in [0.3, 0.4) is 0 Å². The van der Waals surface area contributed by atoms with Crippen molar-refractivity contribution in [1.82, 2.24) is 4.90 Å². The van der Waals surface area contributed by atoms with Crippen LogP contribution in [0.2, 0.25) is 0 Å². The highest BCUT2D eigenvalue weighted by atomic mass is 32.2. The van der Waals surface area contributed by atoms with Gasteiger partial charge in [-0.05, 0) is 48.6 Å². The molecule has 1 aliphatic rings. The molecule has 2 aromatic carbocycles. The van der Waals surface area contributed by atoms with E-state index in [0.29, 0.717) is 23.4 Å². The number of fused-ring (bicyclic) bond motifs is 1. The Morgan fingerprint density at radius 3 is 2.68 bits per heavy atom. The van der Waals surface area contributed by atoms with Gasteiger partial charge in [-0.1, -0.05) is 50.2 Å². The van der Waals surface area contributed by atoms with E-state index >= 15 is 0 Å². The van der Waals surface area contributed by atoms with Crippen molar-refractivity contribution in [2.75, 3.05) is 17.2 Å². The van der Waals surface area contributed by atoms with Crippen molar-refractivity contribution < 1.29 is 9.59 Å². The Hall–Kier alpha value is -3.12. The first-order valence-electron chi connectivity index (χ1n) is 12.7. The topological polar surface area (TPSA) is 85.2 Å². The first kappa shape index (κ1) is 26.9. The molecule has 3 aromatic rings. The van der Waals surface area contributed by atoms with Gasteiger partial charge in [-0.3, -0.25) is 14.5 Å². The molecular formula is C29H32N4O2S2. The molecule has 0 fully saturated rings. The van der Waals surface area contributed by atoms with E-state index in [9.17, 15) is 14.9 Å². The maximum atomic E-state index is 13.3. The van der Waals surface area contributed by atoms with E-state index in [1.54, 1.807) is 0 Å². The van der Waals surface area contributed by atoms with Crippen LogP contribution in [0.4, 0.5) is 10.7 Å². The van der Waals surface area contributed by atoms with Gasteiger partial charge in [-0.25, -0.2) is 0 Å². The summed E-state index contributed by atoms with van der Waals surface area (Å²) in [7, 11) is 0. The Morgan fingerprint density at radius 2 is 1.95 bits per heavy atom. The quantitative estimate of drug-likeness (QED) is 0.294. The average molecular weight is 533 g/mol. The summed E-state index contributed by atoms with van der Waals surface area (Å²) >= 11 is 3.00. The van der Waals surface area contributed by atoms with E-state index in [1.807, 2.05) is 44.2 Å². The normalized spacial score (nSPS) is 13.9. The second-order valence-electron chi connectivity index (χ2n) is 9.10. The van der Waals surface area contributed by atoms with Crippen molar-refractivity contribution in [3.05, 3.63) is 76.2 Å². The number of rotatable bonds is 10. The molecule has 1 aromatic heterocycles. The van der Waals surface area contributed by atoms with Gasteiger partial charge in [0.15, 0.2) is 0 Å². The number of carbonyl (C=O) groups is 2. The van der Waals surface area contributed by atoms with Gasteiger partial charge in [0.05, 0.1) is 10.8 Å². The third-order valence-electron chi connectivity index (χ3n) is 6.27. The van der Waals surface area contributed by atoms with E-state index in [4.69, 9.17) is 0 Å². The molecule has 6 nitrogen and oxygen atoms in total. The molecule has 0 saturated heterocycles. The van der Waals surface area contributed by atoms with E-state index < -0.39 is 0 Å². The number of hydrogen-bond donors (Lipinski definition) is 2. The highest BCUT2D eigenvalue weighted by molar-refractivity contribution is 8.00. The van der Waals surface area contributed by atoms with Gasteiger partial charge in [-0.2, -0.15) is 5.26 Å². The maximum absolute atomic E-state index is 13.3. The molecule has 37 heavy (non-hydrogen) atoms. The number of hydrogen-bond acceptors (Lipinski definition) is 6. The van der Waals surface area contributed by atoms with Crippen LogP contribution in [-0.2, 0) is 29.1 Å². The summed E-state index contributed by atoms with van der Waals surface area (Å²) in [6.45, 7) is 6.49.